The molecule has 0 aromatic heterocycles. The van der Waals surface area contributed by atoms with Gasteiger partial charge in [-0.1, -0.05) is 52.3 Å². The van der Waals surface area contributed by atoms with E-state index in [4.69, 9.17) is 0 Å². The van der Waals surface area contributed by atoms with Gasteiger partial charge in [-0.05, 0) is 30.7 Å². The number of rotatable bonds is 3. The molecule has 1 N–H and O–H groups in total. The first-order valence-electron chi connectivity index (χ1n) is 8.60. The lowest BCUT2D eigenvalue weighted by atomic mass is 9.91. The fraction of sp³-hybridized carbons (Fsp3) is 0.600. The first-order chi connectivity index (χ1) is 11.6. The summed E-state index contributed by atoms with van der Waals surface area (Å²) in [6, 6.07) is 6.36. The predicted octanol–water partition coefficient (Wildman–Crippen LogP) is 6.07. The van der Waals surface area contributed by atoms with Gasteiger partial charge in [0.1, 0.15) is 0 Å². The van der Waals surface area contributed by atoms with E-state index in [0.29, 0.717) is 5.41 Å². The summed E-state index contributed by atoms with van der Waals surface area (Å²) in [5.74, 6) is 0. The van der Waals surface area contributed by atoms with Crippen LogP contribution in [0.15, 0.2) is 36.4 Å². The van der Waals surface area contributed by atoms with Crippen LogP contribution in [0.3, 0.4) is 0 Å². The maximum absolute atomic E-state index is 10.2. The van der Waals surface area contributed by atoms with Crippen LogP contribution in [0.1, 0.15) is 53.4 Å². The molecule has 0 heterocycles. The lowest BCUT2D eigenvalue weighted by molar-refractivity contribution is -0.384. The number of anilines is 1. The number of non-ortho nitro benzene ring substituents is 1. The van der Waals surface area contributed by atoms with Gasteiger partial charge < -0.3 is 10.1 Å². The molecule has 0 aliphatic heterocycles. The summed E-state index contributed by atoms with van der Waals surface area (Å²) in [4.78, 5) is 9.83. The van der Waals surface area contributed by atoms with Crippen molar-refractivity contribution in [1.82, 2.24) is 0 Å². The van der Waals surface area contributed by atoms with Crippen molar-refractivity contribution in [2.75, 3.05) is 26.6 Å². The van der Waals surface area contributed by atoms with Crippen LogP contribution in [0.25, 0.3) is 0 Å². The number of nitrogens with zero attached hydrogens (tertiary/aromatic N) is 1. The molecule has 144 valence electrons. The molecule has 25 heavy (non-hydrogen) atoms. The largest absolute Gasteiger partial charge is 0.388 e. The Hall–Kier alpha value is -1.88. The molecule has 1 fully saturated rings. The second-order valence-corrected chi connectivity index (χ2v) is 7.03. The van der Waals surface area contributed by atoms with Gasteiger partial charge >= 0.3 is 0 Å². The third-order valence-electron chi connectivity index (χ3n) is 2.95. The summed E-state index contributed by atoms with van der Waals surface area (Å²) in [6.07, 6.45) is 5.23. The summed E-state index contributed by atoms with van der Waals surface area (Å²) < 4.78 is 4.25. The van der Waals surface area contributed by atoms with Crippen LogP contribution < -0.4 is 5.32 Å². The standard InChI is InChI=1S/C7H8N2O2.C7H16.C4H6.C2H6O/c1-8-6-3-2-4-7(5-6)9(10)11;1-5-6-7(2,3)4;1-4-2-3-4;1-3-2/h2-5,8H,1H3;5-6H2,1-4H3;1-3H2;1-2H3. The monoisotopic (exact) mass is 352 g/mol. The molecular formula is C20H36N2O3. The minimum absolute atomic E-state index is 0.108. The van der Waals surface area contributed by atoms with Gasteiger partial charge in [-0.3, -0.25) is 10.1 Å². The number of nitro groups is 1. The zero-order valence-corrected chi connectivity index (χ0v) is 17.0. The molecule has 1 aliphatic carbocycles. The van der Waals surface area contributed by atoms with Crippen molar-refractivity contribution >= 4 is 11.4 Å². The minimum atomic E-state index is -0.416. The topological polar surface area (TPSA) is 64.4 Å². The Morgan fingerprint density at radius 2 is 1.76 bits per heavy atom. The molecule has 0 atom stereocenters. The third-order valence-corrected chi connectivity index (χ3v) is 2.95. The van der Waals surface area contributed by atoms with Gasteiger partial charge in [-0.2, -0.15) is 0 Å². The van der Waals surface area contributed by atoms with Crippen molar-refractivity contribution in [1.29, 1.82) is 0 Å². The average Bonchev–Trinajstić information content (AvgIpc) is 3.30. The fourth-order valence-electron chi connectivity index (χ4n) is 1.61. The first-order valence-corrected chi connectivity index (χ1v) is 8.60. The summed E-state index contributed by atoms with van der Waals surface area (Å²) in [7, 11) is 4.97. The number of methoxy groups -OCH3 is 1. The Bertz CT molecular complexity index is 488. The lowest BCUT2D eigenvalue weighted by Gasteiger charge is -2.15. The molecular weight excluding hydrogens is 316 g/mol. The van der Waals surface area contributed by atoms with Gasteiger partial charge in [0, 0.05) is 39.1 Å². The maximum Gasteiger partial charge on any atom is 0.271 e. The van der Waals surface area contributed by atoms with E-state index in [1.54, 1.807) is 33.4 Å². The number of nitrogens with one attached hydrogen (secondary N) is 1. The predicted molar refractivity (Wildman–Crippen MR) is 108 cm³/mol. The zero-order valence-electron chi connectivity index (χ0n) is 17.0. The molecule has 0 spiro atoms. The molecule has 0 unspecified atom stereocenters. The third kappa shape index (κ3) is 20.1. The van der Waals surface area contributed by atoms with Crippen molar-refractivity contribution in [2.24, 2.45) is 5.41 Å². The highest BCUT2D eigenvalue weighted by atomic mass is 16.6. The van der Waals surface area contributed by atoms with E-state index in [-0.39, 0.29) is 5.69 Å². The Morgan fingerprint density at radius 1 is 1.28 bits per heavy atom. The second-order valence-electron chi connectivity index (χ2n) is 7.03. The Kier molecular flexibility index (Phi) is 14.7. The summed E-state index contributed by atoms with van der Waals surface area (Å²) >= 11 is 0. The van der Waals surface area contributed by atoms with Gasteiger partial charge in [0.25, 0.3) is 5.69 Å². The Balaban J connectivity index is 0. The molecule has 1 saturated carbocycles. The Labute approximate surface area is 153 Å². The van der Waals surface area contributed by atoms with Crippen LogP contribution in [0.4, 0.5) is 11.4 Å². The van der Waals surface area contributed by atoms with Crippen molar-refractivity contribution in [3.05, 3.63) is 46.5 Å². The normalized spacial score (nSPS) is 11.6. The summed E-state index contributed by atoms with van der Waals surface area (Å²) in [5, 5.41) is 13.1. The van der Waals surface area contributed by atoms with Crippen LogP contribution in [-0.2, 0) is 4.74 Å². The van der Waals surface area contributed by atoms with Crippen molar-refractivity contribution in [3.8, 4) is 0 Å². The maximum atomic E-state index is 10.2. The molecule has 0 amide bonds. The highest BCUT2D eigenvalue weighted by Gasteiger charge is 2.06. The van der Waals surface area contributed by atoms with E-state index in [1.165, 1.54) is 43.4 Å². The second kappa shape index (κ2) is 14.5. The van der Waals surface area contributed by atoms with Crippen LogP contribution in [-0.4, -0.2) is 26.2 Å². The first kappa shape index (κ1) is 25.4. The molecule has 1 aromatic carbocycles. The quantitative estimate of drug-likeness (QED) is 0.407. The minimum Gasteiger partial charge on any atom is -0.388 e. The van der Waals surface area contributed by atoms with Gasteiger partial charge in [-0.25, -0.2) is 0 Å². The van der Waals surface area contributed by atoms with E-state index in [9.17, 15) is 10.1 Å². The van der Waals surface area contributed by atoms with Crippen LogP contribution >= 0.6 is 0 Å². The average molecular weight is 353 g/mol. The van der Waals surface area contributed by atoms with E-state index >= 15 is 0 Å². The van der Waals surface area contributed by atoms with Crippen LogP contribution in [0.2, 0.25) is 0 Å². The van der Waals surface area contributed by atoms with Gasteiger partial charge in [0.05, 0.1) is 4.92 Å². The van der Waals surface area contributed by atoms with Crippen molar-refractivity contribution in [2.45, 2.75) is 53.4 Å². The molecule has 0 saturated heterocycles. The van der Waals surface area contributed by atoms with Crippen LogP contribution in [0.5, 0.6) is 0 Å². The van der Waals surface area contributed by atoms with E-state index in [1.807, 2.05) is 0 Å². The van der Waals surface area contributed by atoms with Crippen LogP contribution in [0, 0.1) is 15.5 Å². The molecule has 2 rings (SSSR count). The van der Waals surface area contributed by atoms with Gasteiger partial charge in [0.2, 0.25) is 0 Å². The fourth-order valence-corrected chi connectivity index (χ4v) is 1.61. The molecule has 1 aromatic rings. The van der Waals surface area contributed by atoms with E-state index in [2.05, 4.69) is 44.3 Å². The molecule has 5 heteroatoms. The highest BCUT2D eigenvalue weighted by Crippen LogP contribution is 2.23. The molecule has 1 aliphatic rings. The number of benzene rings is 1. The smallest absolute Gasteiger partial charge is 0.271 e. The van der Waals surface area contributed by atoms with Gasteiger partial charge in [-0.15, -0.1) is 0 Å². The van der Waals surface area contributed by atoms with E-state index < -0.39 is 4.92 Å². The molecule has 0 bridgehead atoms. The number of nitro benzene ring substituents is 1. The number of hydrogen-bond donors (Lipinski definition) is 1. The lowest BCUT2D eigenvalue weighted by Crippen LogP contribution is -2.02. The Morgan fingerprint density at radius 3 is 2.00 bits per heavy atom. The van der Waals surface area contributed by atoms with Crippen molar-refractivity contribution in [3.63, 3.8) is 0 Å². The summed E-state index contributed by atoms with van der Waals surface area (Å²) in [6.45, 7) is 12.7. The molecule has 5 nitrogen and oxygen atoms in total. The van der Waals surface area contributed by atoms with E-state index in [0.717, 1.165) is 5.69 Å². The highest BCUT2D eigenvalue weighted by molar-refractivity contribution is 5.50. The number of hydrogen-bond acceptors (Lipinski definition) is 4. The SMILES string of the molecule is C=C1CC1.CCCC(C)(C)C.CNc1cccc([N+](=O)[O-])c1.COC. The van der Waals surface area contributed by atoms with Crippen molar-refractivity contribution < 1.29 is 9.66 Å². The zero-order chi connectivity index (χ0) is 19.9. The number of ether oxygens (including phenoxy) is 1. The number of allylic oxidation sites excluding steroid dienone is 1. The molecule has 0 radical (unpaired) electrons. The van der Waals surface area contributed by atoms with Gasteiger partial charge in [0.15, 0.2) is 0 Å². The summed E-state index contributed by atoms with van der Waals surface area (Å²) in [5.41, 5.74) is 2.82.